The van der Waals surface area contributed by atoms with Crippen LogP contribution < -0.4 is 16.0 Å². The minimum atomic E-state index is -1.19. The molecule has 0 radical (unpaired) electrons. The van der Waals surface area contributed by atoms with Gasteiger partial charge in [-0.1, -0.05) is 92.2 Å². The van der Waals surface area contributed by atoms with Crippen molar-refractivity contribution in [1.29, 1.82) is 0 Å². The minimum Gasteiger partial charge on any atom is -0.480 e. The molecule has 1 aliphatic carbocycles. The monoisotopic (exact) mass is 629 g/mol. The van der Waals surface area contributed by atoms with Gasteiger partial charge in [-0.15, -0.1) is 0 Å². The smallest absolute Gasteiger partial charge is 0.407 e. The third-order valence-electron chi connectivity index (χ3n) is 7.74. The van der Waals surface area contributed by atoms with Crippen molar-refractivity contribution in [2.45, 2.75) is 76.6 Å². The third kappa shape index (κ3) is 9.17. The van der Waals surface area contributed by atoms with Crippen molar-refractivity contribution < 1.29 is 33.8 Å². The zero-order chi connectivity index (χ0) is 33.3. The van der Waals surface area contributed by atoms with Crippen LogP contribution in [0.1, 0.15) is 63.1 Å². The van der Waals surface area contributed by atoms with E-state index in [-0.39, 0.29) is 32.0 Å². The second kappa shape index (κ2) is 15.5. The van der Waals surface area contributed by atoms with Crippen LogP contribution in [0.4, 0.5) is 4.79 Å². The Morgan fingerprint density at radius 3 is 1.87 bits per heavy atom. The van der Waals surface area contributed by atoms with Crippen molar-refractivity contribution in [2.24, 2.45) is 0 Å². The molecule has 0 saturated carbocycles. The Labute approximate surface area is 269 Å². The number of carboxylic acid groups (broad SMARTS) is 1. The highest BCUT2D eigenvalue weighted by Crippen LogP contribution is 2.44. The lowest BCUT2D eigenvalue weighted by molar-refractivity contribution is -0.142. The molecule has 10 heteroatoms. The number of carboxylic acids is 1. The summed E-state index contributed by atoms with van der Waals surface area (Å²) in [5.74, 6) is -2.63. The lowest BCUT2D eigenvalue weighted by Crippen LogP contribution is -2.57. The number of hydrogen-bond acceptors (Lipinski definition) is 6. The lowest BCUT2D eigenvalue weighted by Gasteiger charge is -2.27. The average Bonchev–Trinajstić information content (AvgIpc) is 3.35. The van der Waals surface area contributed by atoms with Crippen LogP contribution in [0.5, 0.6) is 0 Å². The second-order valence-electron chi connectivity index (χ2n) is 12.4. The van der Waals surface area contributed by atoms with Crippen LogP contribution >= 0.6 is 0 Å². The zero-order valence-corrected chi connectivity index (χ0v) is 26.7. The van der Waals surface area contributed by atoms with E-state index >= 15 is 0 Å². The van der Waals surface area contributed by atoms with E-state index in [0.29, 0.717) is 6.42 Å². The molecule has 4 N–H and O–H groups in total. The number of hydrogen-bond donors (Lipinski definition) is 4. The maximum Gasteiger partial charge on any atom is 0.407 e. The number of benzene rings is 3. The molecule has 0 aliphatic heterocycles. The SMILES string of the molecule is CCC[C@H](NC(=O)[C@H](COC(C)(C)C)NC(=O)OCC1c2ccccc2-c2ccccc21)C(=O)N[C@@H](Cc1ccccc1)C(=O)O. The van der Waals surface area contributed by atoms with Crippen molar-refractivity contribution in [3.8, 4) is 11.1 Å². The van der Waals surface area contributed by atoms with Crippen molar-refractivity contribution in [3.63, 3.8) is 0 Å². The topological polar surface area (TPSA) is 143 Å². The van der Waals surface area contributed by atoms with Gasteiger partial charge in [0.1, 0.15) is 24.7 Å². The summed E-state index contributed by atoms with van der Waals surface area (Å²) in [7, 11) is 0. The lowest BCUT2D eigenvalue weighted by atomic mass is 9.98. The molecular formula is C36H43N3O7. The number of ether oxygens (including phenoxy) is 2. The van der Waals surface area contributed by atoms with Crippen molar-refractivity contribution in [3.05, 3.63) is 95.6 Å². The molecule has 0 saturated heterocycles. The molecule has 4 rings (SSSR count). The molecule has 3 aromatic rings. The van der Waals surface area contributed by atoms with Gasteiger partial charge in [0.2, 0.25) is 11.8 Å². The normalized spacial score (nSPS) is 14.3. The standard InChI is InChI=1S/C36H43N3O7/c1-5-13-29(32(40)38-30(34(42)43)20-23-14-7-6-8-15-23)37-33(41)31(22-46-36(2,3)4)39-35(44)45-21-28-26-18-11-9-16-24(26)25-17-10-12-19-27(25)28/h6-12,14-19,28-31H,5,13,20-22H2,1-4H3,(H,37,41)(H,38,40)(H,39,44)(H,42,43)/t29-,30-,31-/m0/s1. The molecule has 0 spiro atoms. The fourth-order valence-electron chi connectivity index (χ4n) is 5.45. The van der Waals surface area contributed by atoms with Gasteiger partial charge in [0, 0.05) is 12.3 Å². The molecule has 0 heterocycles. The molecule has 3 aromatic carbocycles. The van der Waals surface area contributed by atoms with E-state index in [1.54, 1.807) is 24.3 Å². The number of fused-ring (bicyclic) bond motifs is 3. The van der Waals surface area contributed by atoms with Crippen LogP contribution in [0.25, 0.3) is 11.1 Å². The van der Waals surface area contributed by atoms with Crippen LogP contribution in [0.2, 0.25) is 0 Å². The number of rotatable bonds is 14. The van der Waals surface area contributed by atoms with Gasteiger partial charge in [-0.3, -0.25) is 9.59 Å². The summed E-state index contributed by atoms with van der Waals surface area (Å²) in [6, 6.07) is 21.5. The van der Waals surface area contributed by atoms with Crippen molar-refractivity contribution >= 4 is 23.9 Å². The van der Waals surface area contributed by atoms with Crippen LogP contribution in [-0.2, 0) is 30.3 Å². The van der Waals surface area contributed by atoms with Gasteiger partial charge in [0.25, 0.3) is 0 Å². The molecule has 3 atom stereocenters. The Hall–Kier alpha value is -4.70. The van der Waals surface area contributed by atoms with E-state index in [0.717, 1.165) is 27.8 Å². The first kappa shape index (κ1) is 34.2. The van der Waals surface area contributed by atoms with Crippen LogP contribution in [0.3, 0.4) is 0 Å². The summed E-state index contributed by atoms with van der Waals surface area (Å²) in [5.41, 5.74) is 4.44. The second-order valence-corrected chi connectivity index (χ2v) is 12.4. The summed E-state index contributed by atoms with van der Waals surface area (Å²) >= 11 is 0. The Morgan fingerprint density at radius 2 is 1.30 bits per heavy atom. The Kier molecular flexibility index (Phi) is 11.5. The first-order chi connectivity index (χ1) is 22.0. The molecule has 0 bridgehead atoms. The predicted molar refractivity (Wildman–Crippen MR) is 174 cm³/mol. The molecule has 3 amide bonds. The van der Waals surface area contributed by atoms with Crippen molar-refractivity contribution in [2.75, 3.05) is 13.2 Å². The highest BCUT2D eigenvalue weighted by Gasteiger charge is 2.32. The minimum absolute atomic E-state index is 0.0627. The number of carbonyl (C=O) groups is 4. The van der Waals surface area contributed by atoms with E-state index in [2.05, 4.69) is 16.0 Å². The molecule has 0 unspecified atom stereocenters. The Bertz CT molecular complexity index is 1470. The van der Waals surface area contributed by atoms with Crippen molar-refractivity contribution in [1.82, 2.24) is 16.0 Å². The van der Waals surface area contributed by atoms with Crippen LogP contribution in [-0.4, -0.2) is 65.9 Å². The molecular weight excluding hydrogens is 586 g/mol. The summed E-state index contributed by atoms with van der Waals surface area (Å²) < 4.78 is 11.5. The number of carbonyl (C=O) groups excluding carboxylic acids is 3. The predicted octanol–water partition coefficient (Wildman–Crippen LogP) is 4.81. The average molecular weight is 630 g/mol. The van der Waals surface area contributed by atoms with Crippen LogP contribution in [0.15, 0.2) is 78.9 Å². The molecule has 0 fully saturated rings. The van der Waals surface area contributed by atoms with Gasteiger partial charge >= 0.3 is 12.1 Å². The molecule has 1 aliphatic rings. The fraction of sp³-hybridized carbons (Fsp3) is 0.389. The molecule has 46 heavy (non-hydrogen) atoms. The first-order valence-corrected chi connectivity index (χ1v) is 15.6. The van der Waals surface area contributed by atoms with E-state index in [1.165, 1.54) is 0 Å². The van der Waals surface area contributed by atoms with Crippen LogP contribution in [0, 0.1) is 0 Å². The maximum atomic E-state index is 13.5. The van der Waals surface area contributed by atoms with E-state index in [9.17, 15) is 24.3 Å². The highest BCUT2D eigenvalue weighted by molar-refractivity contribution is 5.93. The summed E-state index contributed by atoms with van der Waals surface area (Å²) in [4.78, 5) is 51.8. The fourth-order valence-corrected chi connectivity index (χ4v) is 5.45. The number of nitrogens with one attached hydrogen (secondary N) is 3. The van der Waals surface area contributed by atoms with E-state index in [1.807, 2.05) is 82.3 Å². The summed E-state index contributed by atoms with van der Waals surface area (Å²) in [6.45, 7) is 7.20. The van der Waals surface area contributed by atoms with Gasteiger partial charge in [-0.25, -0.2) is 9.59 Å². The van der Waals surface area contributed by atoms with Gasteiger partial charge in [-0.05, 0) is 55.0 Å². The Morgan fingerprint density at radius 1 is 0.761 bits per heavy atom. The maximum absolute atomic E-state index is 13.5. The first-order valence-electron chi connectivity index (χ1n) is 15.6. The highest BCUT2D eigenvalue weighted by atomic mass is 16.5. The van der Waals surface area contributed by atoms with Gasteiger partial charge in [0.05, 0.1) is 12.2 Å². The van der Waals surface area contributed by atoms with Gasteiger partial charge < -0.3 is 30.5 Å². The summed E-state index contributed by atoms with van der Waals surface area (Å²) in [5, 5.41) is 17.6. The van der Waals surface area contributed by atoms with E-state index < -0.39 is 47.6 Å². The van der Waals surface area contributed by atoms with Gasteiger partial charge in [-0.2, -0.15) is 0 Å². The molecule has 0 aromatic heterocycles. The third-order valence-corrected chi connectivity index (χ3v) is 7.74. The van der Waals surface area contributed by atoms with E-state index in [4.69, 9.17) is 9.47 Å². The van der Waals surface area contributed by atoms with Gasteiger partial charge in [0.15, 0.2) is 0 Å². The largest absolute Gasteiger partial charge is 0.480 e. The Balaban J connectivity index is 1.42. The zero-order valence-electron chi connectivity index (χ0n) is 26.7. The molecule has 10 nitrogen and oxygen atoms in total. The quantitative estimate of drug-likeness (QED) is 0.201. The number of alkyl carbamates (subject to hydrolysis) is 1. The molecule has 244 valence electrons. The summed E-state index contributed by atoms with van der Waals surface area (Å²) in [6.07, 6.45) is 0.0788. The number of aliphatic carboxylic acids is 1. The number of amides is 3.